The van der Waals surface area contributed by atoms with Crippen molar-refractivity contribution < 1.29 is 13.9 Å². The Kier molecular flexibility index (Phi) is 8.02. The molecule has 0 bridgehead atoms. The first-order valence-electron chi connectivity index (χ1n) is 15.9. The fourth-order valence-electron chi connectivity index (χ4n) is 7.43. The van der Waals surface area contributed by atoms with E-state index in [1.165, 1.54) is 11.6 Å². The second-order valence-electron chi connectivity index (χ2n) is 12.7. The van der Waals surface area contributed by atoms with Crippen LogP contribution in [-0.4, -0.2) is 77.7 Å². The van der Waals surface area contributed by atoms with Crippen molar-refractivity contribution in [1.82, 2.24) is 34.3 Å². The van der Waals surface area contributed by atoms with Crippen LogP contribution in [0.3, 0.4) is 0 Å². The van der Waals surface area contributed by atoms with Crippen molar-refractivity contribution in [2.24, 2.45) is 0 Å². The van der Waals surface area contributed by atoms with E-state index < -0.39 is 11.6 Å². The number of hydrogen-bond acceptors (Lipinski definition) is 8. The number of rotatable bonds is 7. The molecular formula is C33H40F2N8O. The molecule has 1 aromatic carbocycles. The zero-order valence-corrected chi connectivity index (χ0v) is 25.4. The molecule has 2 aliphatic heterocycles. The summed E-state index contributed by atoms with van der Waals surface area (Å²) >= 11 is 0. The van der Waals surface area contributed by atoms with Crippen LogP contribution in [-0.2, 0) is 13.0 Å². The van der Waals surface area contributed by atoms with Crippen LogP contribution in [0.1, 0.15) is 68.6 Å². The minimum absolute atomic E-state index is 0.0354. The van der Waals surface area contributed by atoms with Crippen LogP contribution in [0.2, 0.25) is 0 Å². The number of hydrogen-bond donors (Lipinski definition) is 2. The number of likely N-dealkylation sites (tertiary alicyclic amines) is 1. The number of nitrogens with zero attached hydrogens (tertiary/aromatic N) is 7. The third-order valence-corrected chi connectivity index (χ3v) is 9.55. The molecule has 3 aliphatic rings. The van der Waals surface area contributed by atoms with Crippen LogP contribution < -0.4 is 5.32 Å². The van der Waals surface area contributed by atoms with Gasteiger partial charge < -0.3 is 19.9 Å². The average Bonchev–Trinajstić information content (AvgIpc) is 3.65. The van der Waals surface area contributed by atoms with E-state index in [1.807, 2.05) is 19.9 Å². The standard InChI is InChI=1S/C33H40F2N8O/c1-20(44)18-41-12-9-24(10-13-41)42-14-11-28-22(19-42)7-8-30(38-28)39-33-36-17-27(35)31(40-33)23-15-26(34)32-29(16-23)43(21(2)37-32)25-5-3-4-6-25/h7-8,15-17,20,24-25,44H,3-6,9-14,18-19H2,1-2H3,(H,36,38,39,40). The molecule has 3 aromatic heterocycles. The quantitative estimate of drug-likeness (QED) is 0.285. The van der Waals surface area contributed by atoms with Gasteiger partial charge in [-0.1, -0.05) is 18.9 Å². The van der Waals surface area contributed by atoms with Crippen LogP contribution in [0.15, 0.2) is 30.5 Å². The Morgan fingerprint density at radius 1 is 0.977 bits per heavy atom. The number of halogens is 2. The van der Waals surface area contributed by atoms with E-state index in [0.717, 1.165) is 95.4 Å². The summed E-state index contributed by atoms with van der Waals surface area (Å²) in [7, 11) is 0. The highest BCUT2D eigenvalue weighted by Crippen LogP contribution is 2.36. The van der Waals surface area contributed by atoms with E-state index in [4.69, 9.17) is 4.98 Å². The first-order valence-corrected chi connectivity index (χ1v) is 15.9. The largest absolute Gasteiger partial charge is 0.392 e. The molecule has 232 valence electrons. The highest BCUT2D eigenvalue weighted by atomic mass is 19.1. The molecule has 1 unspecified atom stereocenters. The highest BCUT2D eigenvalue weighted by Gasteiger charge is 2.28. The minimum Gasteiger partial charge on any atom is -0.392 e. The number of aliphatic hydroxyl groups is 1. The van der Waals surface area contributed by atoms with E-state index >= 15 is 8.78 Å². The predicted molar refractivity (Wildman–Crippen MR) is 166 cm³/mol. The van der Waals surface area contributed by atoms with E-state index in [2.05, 4.69) is 40.7 Å². The lowest BCUT2D eigenvalue weighted by Gasteiger charge is -2.40. The smallest absolute Gasteiger partial charge is 0.229 e. The topological polar surface area (TPSA) is 95.2 Å². The van der Waals surface area contributed by atoms with E-state index in [-0.39, 0.29) is 23.8 Å². The summed E-state index contributed by atoms with van der Waals surface area (Å²) in [6.07, 6.45) is 8.24. The third kappa shape index (κ3) is 5.80. The highest BCUT2D eigenvalue weighted by molar-refractivity contribution is 5.83. The summed E-state index contributed by atoms with van der Waals surface area (Å²) in [6, 6.07) is 7.93. The molecule has 1 saturated carbocycles. The van der Waals surface area contributed by atoms with Gasteiger partial charge in [0.05, 0.1) is 17.8 Å². The Morgan fingerprint density at radius 3 is 2.55 bits per heavy atom. The van der Waals surface area contributed by atoms with Gasteiger partial charge in [-0.15, -0.1) is 0 Å². The van der Waals surface area contributed by atoms with Gasteiger partial charge in [-0.3, -0.25) is 4.90 Å². The summed E-state index contributed by atoms with van der Waals surface area (Å²) < 4.78 is 32.5. The summed E-state index contributed by atoms with van der Waals surface area (Å²) in [5, 5.41) is 12.9. The number of aliphatic hydroxyl groups excluding tert-OH is 1. The van der Waals surface area contributed by atoms with Crippen molar-refractivity contribution in [2.45, 2.75) is 83.5 Å². The molecule has 0 radical (unpaired) electrons. The molecular weight excluding hydrogens is 562 g/mol. The number of anilines is 2. The lowest BCUT2D eigenvalue weighted by atomic mass is 9.98. The van der Waals surface area contributed by atoms with Gasteiger partial charge in [-0.25, -0.2) is 28.7 Å². The second-order valence-corrected chi connectivity index (χ2v) is 12.7. The van der Waals surface area contributed by atoms with Crippen molar-refractivity contribution in [3.63, 3.8) is 0 Å². The fraction of sp³-hybridized carbons (Fsp3) is 0.515. The number of pyridine rings is 1. The number of piperidine rings is 1. The molecule has 1 saturated heterocycles. The van der Waals surface area contributed by atoms with E-state index in [0.29, 0.717) is 28.5 Å². The van der Waals surface area contributed by atoms with Gasteiger partial charge in [0.25, 0.3) is 0 Å². The van der Waals surface area contributed by atoms with Gasteiger partial charge >= 0.3 is 0 Å². The average molecular weight is 603 g/mol. The van der Waals surface area contributed by atoms with Crippen LogP contribution in [0.5, 0.6) is 0 Å². The fourth-order valence-corrected chi connectivity index (χ4v) is 7.43. The Labute approximate surface area is 256 Å². The first-order chi connectivity index (χ1) is 21.3. The normalized spacial score (nSPS) is 19.5. The van der Waals surface area contributed by atoms with Crippen LogP contribution in [0.25, 0.3) is 22.3 Å². The van der Waals surface area contributed by atoms with Crippen LogP contribution in [0, 0.1) is 18.6 Å². The van der Waals surface area contributed by atoms with Crippen molar-refractivity contribution in [3.8, 4) is 11.3 Å². The Hall–Kier alpha value is -3.54. The number of β-amino-alcohol motifs (C(OH)–C–C–N with tert-alkyl or cyclic N) is 1. The van der Waals surface area contributed by atoms with Gasteiger partial charge in [-0.2, -0.15) is 0 Å². The molecule has 2 N–H and O–H groups in total. The van der Waals surface area contributed by atoms with Crippen molar-refractivity contribution in [1.29, 1.82) is 0 Å². The number of aromatic nitrogens is 5. The van der Waals surface area contributed by atoms with Crippen molar-refractivity contribution in [2.75, 3.05) is 31.5 Å². The molecule has 9 nitrogen and oxygen atoms in total. The van der Waals surface area contributed by atoms with Crippen LogP contribution >= 0.6 is 0 Å². The molecule has 0 spiro atoms. The summed E-state index contributed by atoms with van der Waals surface area (Å²) in [4.78, 5) is 22.9. The molecule has 2 fully saturated rings. The van der Waals surface area contributed by atoms with Crippen molar-refractivity contribution >= 4 is 22.8 Å². The SMILES string of the molecule is Cc1nc2c(F)cc(-c3nc(Nc4ccc5c(n4)CCN(C4CCN(CC(C)O)CC4)C5)ncc3F)cc2n1C1CCCC1. The summed E-state index contributed by atoms with van der Waals surface area (Å²) in [6.45, 7) is 8.34. The lowest BCUT2D eigenvalue weighted by molar-refractivity contribution is 0.0680. The molecule has 1 atom stereocenters. The zero-order chi connectivity index (χ0) is 30.4. The minimum atomic E-state index is -0.617. The number of aryl methyl sites for hydroxylation is 1. The number of imidazole rings is 1. The second kappa shape index (κ2) is 12.1. The Balaban J connectivity index is 1.08. The molecule has 7 rings (SSSR count). The van der Waals surface area contributed by atoms with Crippen molar-refractivity contribution in [3.05, 3.63) is 59.2 Å². The van der Waals surface area contributed by atoms with Gasteiger partial charge in [0, 0.05) is 49.4 Å². The molecule has 4 aromatic rings. The predicted octanol–water partition coefficient (Wildman–Crippen LogP) is 5.54. The van der Waals surface area contributed by atoms with Gasteiger partial charge in [-0.05, 0) is 76.4 Å². The summed E-state index contributed by atoms with van der Waals surface area (Å²) in [5.41, 5.74) is 3.63. The molecule has 1 aliphatic carbocycles. The Bertz CT molecular complexity index is 1660. The Morgan fingerprint density at radius 2 is 1.77 bits per heavy atom. The van der Waals surface area contributed by atoms with Gasteiger partial charge in [0.1, 0.15) is 22.9 Å². The lowest BCUT2D eigenvalue weighted by Crippen LogP contribution is -2.47. The van der Waals surface area contributed by atoms with Gasteiger partial charge in [0.15, 0.2) is 11.6 Å². The number of nitrogens with one attached hydrogen (secondary N) is 1. The maximum Gasteiger partial charge on any atom is 0.229 e. The van der Waals surface area contributed by atoms with E-state index in [9.17, 15) is 5.11 Å². The third-order valence-electron chi connectivity index (χ3n) is 9.55. The van der Waals surface area contributed by atoms with Crippen LogP contribution in [0.4, 0.5) is 20.5 Å². The first kappa shape index (κ1) is 29.2. The molecule has 11 heteroatoms. The molecule has 5 heterocycles. The maximum atomic E-state index is 15.3. The molecule has 44 heavy (non-hydrogen) atoms. The zero-order valence-electron chi connectivity index (χ0n) is 25.4. The number of fused-ring (bicyclic) bond motifs is 2. The maximum absolute atomic E-state index is 15.3. The van der Waals surface area contributed by atoms with Gasteiger partial charge in [0.2, 0.25) is 5.95 Å². The number of benzene rings is 1. The monoisotopic (exact) mass is 602 g/mol. The molecule has 0 amide bonds. The van der Waals surface area contributed by atoms with E-state index in [1.54, 1.807) is 6.07 Å². The summed E-state index contributed by atoms with van der Waals surface area (Å²) in [5.74, 6) is 0.468.